The Hall–Kier alpha value is -2.89. The van der Waals surface area contributed by atoms with Crippen LogP contribution in [0.15, 0.2) is 0 Å². The first-order valence-electron chi connectivity index (χ1n) is 16.3. The van der Waals surface area contributed by atoms with Gasteiger partial charge < -0.3 is 35.1 Å². The molecule has 4 rings (SSSR count). The van der Waals surface area contributed by atoms with Gasteiger partial charge in [0, 0.05) is 26.1 Å². The second-order valence-corrected chi connectivity index (χ2v) is 14.6. The lowest BCUT2D eigenvalue weighted by atomic mass is 9.97. The van der Waals surface area contributed by atoms with Gasteiger partial charge in [0.05, 0.1) is 12.1 Å². The van der Waals surface area contributed by atoms with Gasteiger partial charge in [0.1, 0.15) is 17.7 Å². The van der Waals surface area contributed by atoms with Crippen LogP contribution in [-0.2, 0) is 33.4 Å². The highest BCUT2D eigenvalue weighted by molar-refractivity contribution is 5.94. The Morgan fingerprint density at radius 1 is 1.02 bits per heavy atom. The van der Waals surface area contributed by atoms with Gasteiger partial charge in [-0.05, 0) is 70.6 Å². The highest BCUT2D eigenvalue weighted by Gasteiger charge is 2.69. The number of rotatable bonds is 5. The molecule has 12 heteroatoms. The first kappa shape index (κ1) is 34.0. The molecule has 248 valence electrons. The molecule has 0 aromatic carbocycles. The zero-order valence-electron chi connectivity index (χ0n) is 27.4. The Labute approximate surface area is 261 Å². The van der Waals surface area contributed by atoms with Crippen molar-refractivity contribution in [2.75, 3.05) is 13.2 Å². The number of carbonyl (C=O) groups excluding carboxylic acids is 5. The second-order valence-electron chi connectivity index (χ2n) is 14.6. The molecule has 0 bridgehead atoms. The molecule has 2 heterocycles. The molecule has 4 amide bonds. The van der Waals surface area contributed by atoms with Gasteiger partial charge in [-0.2, -0.15) is 0 Å². The van der Waals surface area contributed by atoms with Crippen molar-refractivity contribution in [3.8, 4) is 0 Å². The Kier molecular flexibility index (Phi) is 10.5. The predicted molar refractivity (Wildman–Crippen MR) is 161 cm³/mol. The van der Waals surface area contributed by atoms with E-state index in [0.29, 0.717) is 19.6 Å². The molecule has 2 aliphatic carbocycles. The predicted octanol–water partition coefficient (Wildman–Crippen LogP) is 2.82. The van der Waals surface area contributed by atoms with Gasteiger partial charge in [-0.15, -0.1) is 0 Å². The van der Waals surface area contributed by atoms with E-state index in [1.165, 1.54) is 6.92 Å². The lowest BCUT2D eigenvalue weighted by Crippen LogP contribution is -2.61. The van der Waals surface area contributed by atoms with Crippen molar-refractivity contribution in [3.05, 3.63) is 0 Å². The lowest BCUT2D eigenvalue weighted by molar-refractivity contribution is -0.157. The van der Waals surface area contributed by atoms with Crippen LogP contribution in [0.25, 0.3) is 0 Å². The molecule has 12 nitrogen and oxygen atoms in total. The number of carbonyl (C=O) groups is 5. The molecule has 0 spiro atoms. The van der Waals surface area contributed by atoms with E-state index in [4.69, 9.17) is 14.2 Å². The van der Waals surface area contributed by atoms with Crippen molar-refractivity contribution in [2.24, 2.45) is 17.3 Å². The molecule has 44 heavy (non-hydrogen) atoms. The Morgan fingerprint density at radius 3 is 2.32 bits per heavy atom. The monoisotopic (exact) mass is 620 g/mol. The van der Waals surface area contributed by atoms with Crippen LogP contribution in [0, 0.1) is 17.3 Å². The average molecular weight is 621 g/mol. The van der Waals surface area contributed by atoms with E-state index in [9.17, 15) is 24.0 Å². The number of piperidine rings is 1. The average Bonchev–Trinajstić information content (AvgIpc) is 3.76. The first-order valence-corrected chi connectivity index (χ1v) is 16.3. The summed E-state index contributed by atoms with van der Waals surface area (Å²) in [6.45, 7) is 13.2. The summed E-state index contributed by atoms with van der Waals surface area (Å²) in [6.07, 6.45) is 3.78. The fraction of sp³-hybridized carbons (Fsp3) is 0.844. The van der Waals surface area contributed by atoms with Crippen molar-refractivity contribution >= 4 is 29.8 Å². The van der Waals surface area contributed by atoms with E-state index in [0.717, 1.165) is 44.9 Å². The molecule has 3 N–H and O–H groups in total. The maximum absolute atomic E-state index is 14.2. The number of hydrogen-bond donors (Lipinski definition) is 3. The third-order valence-corrected chi connectivity index (χ3v) is 9.38. The van der Waals surface area contributed by atoms with Crippen molar-refractivity contribution in [1.29, 1.82) is 0 Å². The Bertz CT molecular complexity index is 1100. The molecule has 0 radical (unpaired) electrons. The van der Waals surface area contributed by atoms with E-state index >= 15 is 0 Å². The Balaban J connectivity index is 1.63. The van der Waals surface area contributed by atoms with Crippen LogP contribution in [-0.4, -0.2) is 89.8 Å². The van der Waals surface area contributed by atoms with Crippen LogP contribution in [0.2, 0.25) is 0 Å². The van der Waals surface area contributed by atoms with Crippen molar-refractivity contribution in [2.45, 2.75) is 142 Å². The first-order chi connectivity index (χ1) is 20.6. The number of nitrogens with zero attached hydrogens (tertiary/aromatic N) is 1. The summed E-state index contributed by atoms with van der Waals surface area (Å²) in [6, 6.07) is -2.59. The molecule has 0 aromatic rings. The molecule has 7 atom stereocenters. The molecular weight excluding hydrogens is 568 g/mol. The maximum Gasteiger partial charge on any atom is 0.408 e. The van der Waals surface area contributed by atoms with Gasteiger partial charge in [-0.1, -0.05) is 39.5 Å². The molecule has 2 saturated heterocycles. The van der Waals surface area contributed by atoms with E-state index in [-0.39, 0.29) is 23.3 Å². The van der Waals surface area contributed by atoms with Gasteiger partial charge in [-0.3, -0.25) is 19.2 Å². The van der Waals surface area contributed by atoms with Crippen LogP contribution in [0.1, 0.15) is 99.8 Å². The quantitative estimate of drug-likeness (QED) is 0.397. The van der Waals surface area contributed by atoms with E-state index < -0.39 is 65.7 Å². The highest BCUT2D eigenvalue weighted by Crippen LogP contribution is 2.65. The number of ether oxygens (including phenoxy) is 3. The number of nitrogens with one attached hydrogen (secondary N) is 3. The maximum atomic E-state index is 14.2. The molecule has 4 fully saturated rings. The molecule has 1 unspecified atom stereocenters. The molecular formula is C32H52N4O8. The van der Waals surface area contributed by atoms with Crippen LogP contribution in [0.5, 0.6) is 0 Å². The minimum Gasteiger partial charge on any atom is -0.450 e. The molecule has 2 aliphatic heterocycles. The smallest absolute Gasteiger partial charge is 0.408 e. The van der Waals surface area contributed by atoms with Crippen molar-refractivity contribution in [1.82, 2.24) is 20.9 Å². The highest BCUT2D eigenvalue weighted by atomic mass is 16.6. The second kappa shape index (κ2) is 13.6. The number of amides is 4. The fourth-order valence-corrected chi connectivity index (χ4v) is 6.74. The molecule has 4 aliphatic rings. The molecule has 2 saturated carbocycles. The number of fused-ring (bicyclic) bond motifs is 3. The lowest BCUT2D eigenvalue weighted by Gasteiger charge is -2.36. The standard InChI is InChI=1S/C32H52N4O8/c1-18-24(35-30(41)44-31(3,4)5)29(40)36-17-21-23(32(21,6)7)25(36)27(38)34-22(13-11-9-8-10-12-16-42-18)26(43-19(2)37)28(39)33-20-14-15-20/h18,20-26H,8-17H2,1-7H3,(H,33,39)(H,34,38)(H,35,41)/t18-,21-,22-,23-,24-,25-,26?/m0/s1. The summed E-state index contributed by atoms with van der Waals surface area (Å²) >= 11 is 0. The van der Waals surface area contributed by atoms with Crippen LogP contribution in [0.3, 0.4) is 0 Å². The summed E-state index contributed by atoms with van der Waals surface area (Å²) in [4.78, 5) is 68.2. The molecule has 0 aromatic heterocycles. The summed E-state index contributed by atoms with van der Waals surface area (Å²) < 4.78 is 17.0. The van der Waals surface area contributed by atoms with Crippen molar-refractivity contribution < 1.29 is 38.2 Å². The minimum absolute atomic E-state index is 0.0528. The van der Waals surface area contributed by atoms with E-state index in [2.05, 4.69) is 29.8 Å². The third kappa shape index (κ3) is 8.43. The summed E-state index contributed by atoms with van der Waals surface area (Å²) in [5.74, 6) is -1.83. The Morgan fingerprint density at radius 2 is 1.68 bits per heavy atom. The van der Waals surface area contributed by atoms with Crippen molar-refractivity contribution in [3.63, 3.8) is 0 Å². The number of alkyl carbamates (subject to hydrolysis) is 1. The van der Waals surface area contributed by atoms with Gasteiger partial charge in [-0.25, -0.2) is 4.79 Å². The van der Waals surface area contributed by atoms with Crippen LogP contribution >= 0.6 is 0 Å². The SMILES string of the molecule is CC(=O)OC(C(=O)NC1CC1)[C@@H]1CCCCCCCO[C@@H](C)[C@H](NC(=O)OC(C)(C)C)C(=O)N2C[C@H]3[C@@H]([C@H]2C(=O)N1)C3(C)C. The number of hydrogen-bond acceptors (Lipinski definition) is 8. The van der Waals surface area contributed by atoms with Gasteiger partial charge in [0.15, 0.2) is 6.10 Å². The third-order valence-electron chi connectivity index (χ3n) is 9.38. The van der Waals surface area contributed by atoms with E-state index in [1.54, 1.807) is 32.6 Å². The van der Waals surface area contributed by atoms with Gasteiger partial charge in [0.25, 0.3) is 5.91 Å². The van der Waals surface area contributed by atoms with Gasteiger partial charge in [0.2, 0.25) is 11.8 Å². The normalized spacial score (nSPS) is 31.9. The zero-order chi connectivity index (χ0) is 32.4. The minimum atomic E-state index is -1.18. The largest absolute Gasteiger partial charge is 0.450 e. The summed E-state index contributed by atoms with van der Waals surface area (Å²) in [7, 11) is 0. The topological polar surface area (TPSA) is 152 Å². The summed E-state index contributed by atoms with van der Waals surface area (Å²) in [5, 5.41) is 8.69. The fourth-order valence-electron chi connectivity index (χ4n) is 6.74. The number of esters is 1. The van der Waals surface area contributed by atoms with Crippen LogP contribution in [0.4, 0.5) is 4.79 Å². The van der Waals surface area contributed by atoms with Crippen LogP contribution < -0.4 is 16.0 Å². The summed E-state index contributed by atoms with van der Waals surface area (Å²) in [5.41, 5.74) is -0.930. The van der Waals surface area contributed by atoms with Gasteiger partial charge >= 0.3 is 12.1 Å². The van der Waals surface area contributed by atoms with E-state index in [1.807, 2.05) is 0 Å². The zero-order valence-corrected chi connectivity index (χ0v) is 27.4.